The van der Waals surface area contributed by atoms with Gasteiger partial charge < -0.3 is 18.7 Å². The second-order valence-electron chi connectivity index (χ2n) is 33.2. The van der Waals surface area contributed by atoms with Gasteiger partial charge in [-0.2, -0.15) is 0 Å². The highest BCUT2D eigenvalue weighted by atomic mass is 35.5. The zero-order chi connectivity index (χ0) is 85.6. The Morgan fingerprint density at radius 3 is 1.29 bits per heavy atom. The Morgan fingerprint density at radius 1 is 0.248 bits per heavy atom. The molecule has 0 saturated carbocycles. The fourth-order valence-corrected chi connectivity index (χ4v) is 20.4. The van der Waals surface area contributed by atoms with Gasteiger partial charge in [-0.15, -0.1) is 0 Å². The lowest BCUT2D eigenvalue weighted by molar-refractivity contribution is 1.18. The lowest BCUT2D eigenvalue weighted by atomic mass is 9.90. The van der Waals surface area contributed by atoms with Gasteiger partial charge in [0.25, 0.3) is 0 Å². The number of nitrogens with one attached hydrogen (secondary N) is 1. The second kappa shape index (κ2) is 31.8. The van der Waals surface area contributed by atoms with Crippen LogP contribution in [-0.4, -0.2) is 28.7 Å². The number of para-hydroxylation sites is 5. The van der Waals surface area contributed by atoms with Crippen molar-refractivity contribution in [3.05, 3.63) is 472 Å². The Balaban J connectivity index is 0.000000123. The van der Waals surface area contributed by atoms with Crippen LogP contribution in [-0.2, 0) is 0 Å². The van der Waals surface area contributed by atoms with Crippen molar-refractivity contribution >= 4 is 170 Å². The first-order valence-corrected chi connectivity index (χ1v) is 44.3. The van der Waals surface area contributed by atoms with E-state index in [1.165, 1.54) is 191 Å². The smallest absolute Gasteiger partial charge is 0.223 e. The number of H-pyrrole nitrogens is 1. The van der Waals surface area contributed by atoms with Gasteiger partial charge in [-0.05, 0) is 230 Å². The number of hydrogen-bond donors (Lipinski definition) is 1. The van der Waals surface area contributed by atoms with Gasteiger partial charge in [0.1, 0.15) is 0 Å². The van der Waals surface area contributed by atoms with Crippen LogP contribution in [0.3, 0.4) is 0 Å². The molecule has 0 aliphatic heterocycles. The summed E-state index contributed by atoms with van der Waals surface area (Å²) < 4.78 is 7.41. The Hall–Kier alpha value is -16.8. The van der Waals surface area contributed by atoms with E-state index in [1.807, 2.05) is 66.7 Å². The number of benzene rings is 21. The van der Waals surface area contributed by atoms with Gasteiger partial charge in [0.05, 0.1) is 44.3 Å². The molecule has 6 nitrogen and oxygen atoms in total. The van der Waals surface area contributed by atoms with E-state index in [2.05, 4.69) is 430 Å². The predicted octanol–water partition coefficient (Wildman–Crippen LogP) is 33.5. The summed E-state index contributed by atoms with van der Waals surface area (Å²) >= 11 is 5.95. The minimum atomic E-state index is 0.280. The van der Waals surface area contributed by atoms with Crippen molar-refractivity contribution in [2.24, 2.45) is 0 Å². The summed E-state index contributed by atoms with van der Waals surface area (Å²) in [5, 5.41) is 23.7. The molecule has 7 heteroatoms. The monoisotopic (exact) mass is 1660 g/mol. The van der Waals surface area contributed by atoms with Crippen LogP contribution in [0.25, 0.3) is 242 Å². The fraction of sp³-hybridized carbons (Fsp3) is 0. The molecule has 0 aliphatic rings. The molecule has 0 bridgehead atoms. The molecule has 0 saturated heterocycles. The molecule has 5 aromatic heterocycles. The maximum Gasteiger partial charge on any atom is 0.223 e. The van der Waals surface area contributed by atoms with Crippen LogP contribution in [0.5, 0.6) is 0 Å². The van der Waals surface area contributed by atoms with Gasteiger partial charge in [0.15, 0.2) is 0 Å². The van der Waals surface area contributed by atoms with E-state index in [4.69, 9.17) is 11.6 Å². The molecule has 0 aliphatic carbocycles. The SMILES string of the molecule is C=C/C=C\c1cc(-c2cc3c(c4ccccc24)c2ccccc2n3-c2ccc(-c3ccccc3)cc2)cc2cc3c(cc12)[nH]c1ccccc13.Clc1nc(-c2ccccc2)c2ccccc2n1.c1ccc(-c2ccc(-n3c4ccccc4c4c5ccccc5c(-c5cc6c7ccccc7n(-c7cc(-c8ccccc8)c8ccccc8c7)c6c6ccccc56)cc43)cc2)cc1. The first kappa shape index (κ1) is 75.9. The highest BCUT2D eigenvalue weighted by Gasteiger charge is 2.26. The highest BCUT2D eigenvalue weighted by Crippen LogP contribution is 2.50. The molecule has 26 rings (SSSR count). The second-order valence-corrected chi connectivity index (χ2v) is 33.6. The van der Waals surface area contributed by atoms with Crippen LogP contribution in [0, 0.1) is 0 Å². The van der Waals surface area contributed by atoms with E-state index < -0.39 is 0 Å². The molecule has 0 amide bonds. The third-order valence-electron chi connectivity index (χ3n) is 25.9. The van der Waals surface area contributed by atoms with Gasteiger partial charge in [-0.25, -0.2) is 9.97 Å². The standard InChI is InChI=1S/C60H38N2.C48H32N2.C14H9ClN2/c1-3-17-39(18-4-1)40-31-33-43(34-32-40)61-57-30-16-14-28-51(57)59-49-26-11-9-23-46(49)54(38-58(59)61)53-37-55-48-25-13-15-29-56(48)62(60(55)50-27-12-10-24-47(50)53)44-35-42-21-7-8-22-45(42)52(36-44)41-19-5-2-6-20-41;1-2-3-13-33-26-34(27-35-28-43-38-17-9-11-20-44(38)49-45(43)29-41(33)35)42-30-47-48(39-18-8-7-16-37(39)42)40-19-10-12-21-46(40)50(47)36-24-22-32(23-25-36)31-14-5-4-6-15-31;15-14-16-12-9-5-4-8-11(12)13(17-14)10-6-2-1-3-7-10/h1-38H;2-30,49H,1H2;1-9H/b;13-3-;. The molecule has 0 atom stereocenters. The Labute approximate surface area is 749 Å². The number of nitrogens with zero attached hydrogens (tertiary/aromatic N) is 5. The summed E-state index contributed by atoms with van der Waals surface area (Å²) in [6.07, 6.45) is 6.06. The average molecular weight is 1660 g/mol. The minimum absolute atomic E-state index is 0.280. The van der Waals surface area contributed by atoms with Gasteiger partial charge in [-0.3, -0.25) is 0 Å². The molecule has 5 heterocycles. The van der Waals surface area contributed by atoms with E-state index in [1.54, 1.807) is 0 Å². The molecule has 0 fully saturated rings. The van der Waals surface area contributed by atoms with Crippen LogP contribution >= 0.6 is 11.6 Å². The van der Waals surface area contributed by atoms with Crippen molar-refractivity contribution in [2.75, 3.05) is 0 Å². The number of fused-ring (bicyclic) bond motifs is 21. The largest absolute Gasteiger partial charge is 0.354 e. The van der Waals surface area contributed by atoms with Gasteiger partial charge in [0, 0.05) is 87.5 Å². The first-order chi connectivity index (χ1) is 63.9. The maximum atomic E-state index is 5.95. The molecular formula is C122H79ClN6. The van der Waals surface area contributed by atoms with Crippen molar-refractivity contribution in [3.8, 4) is 84.0 Å². The normalized spacial score (nSPS) is 11.8. The first-order valence-electron chi connectivity index (χ1n) is 43.9. The minimum Gasteiger partial charge on any atom is -0.354 e. The van der Waals surface area contributed by atoms with Crippen LogP contribution in [0.2, 0.25) is 5.28 Å². The molecule has 604 valence electrons. The number of aromatic amines is 1. The van der Waals surface area contributed by atoms with E-state index in [-0.39, 0.29) is 5.28 Å². The lowest BCUT2D eigenvalue weighted by Gasteiger charge is -2.17. The zero-order valence-corrected chi connectivity index (χ0v) is 71.0. The zero-order valence-electron chi connectivity index (χ0n) is 70.2. The average Bonchev–Trinajstić information content (AvgIpc) is 1.56. The maximum absolute atomic E-state index is 5.95. The van der Waals surface area contributed by atoms with E-state index in [0.717, 1.165) is 50.3 Å². The van der Waals surface area contributed by atoms with E-state index >= 15 is 0 Å². The van der Waals surface area contributed by atoms with E-state index in [9.17, 15) is 0 Å². The number of rotatable bonds is 11. The number of aromatic nitrogens is 6. The van der Waals surface area contributed by atoms with E-state index in [0.29, 0.717) is 0 Å². The molecule has 129 heavy (non-hydrogen) atoms. The summed E-state index contributed by atoms with van der Waals surface area (Å²) in [6, 6.07) is 160. The summed E-state index contributed by atoms with van der Waals surface area (Å²) in [5.74, 6) is 0. The van der Waals surface area contributed by atoms with Crippen LogP contribution in [0.15, 0.2) is 462 Å². The van der Waals surface area contributed by atoms with Crippen molar-refractivity contribution in [2.45, 2.75) is 0 Å². The Kier molecular flexibility index (Phi) is 18.7. The number of halogens is 1. The molecular weight excluding hydrogens is 1580 g/mol. The predicted molar refractivity (Wildman–Crippen MR) is 549 cm³/mol. The van der Waals surface area contributed by atoms with Crippen molar-refractivity contribution in [1.29, 1.82) is 0 Å². The van der Waals surface area contributed by atoms with Crippen LogP contribution < -0.4 is 0 Å². The van der Waals surface area contributed by atoms with Gasteiger partial charge >= 0.3 is 0 Å². The van der Waals surface area contributed by atoms with Crippen molar-refractivity contribution in [1.82, 2.24) is 28.7 Å². The topological polar surface area (TPSA) is 56.4 Å². The van der Waals surface area contributed by atoms with Gasteiger partial charge in [0.2, 0.25) is 5.28 Å². The number of allylic oxidation sites excluding steroid dienone is 2. The Morgan fingerprint density at radius 2 is 0.690 bits per heavy atom. The summed E-state index contributed by atoms with van der Waals surface area (Å²) in [7, 11) is 0. The summed E-state index contributed by atoms with van der Waals surface area (Å²) in [6.45, 7) is 3.98. The molecule has 26 aromatic rings. The summed E-state index contributed by atoms with van der Waals surface area (Å²) in [4.78, 5) is 12.2. The lowest BCUT2D eigenvalue weighted by Crippen LogP contribution is -1.97. The number of hydrogen-bond acceptors (Lipinski definition) is 2. The Bertz CT molecular complexity index is 8990. The van der Waals surface area contributed by atoms with Crippen LogP contribution in [0.4, 0.5) is 0 Å². The molecule has 0 spiro atoms. The molecule has 0 unspecified atom stereocenters. The van der Waals surface area contributed by atoms with Crippen LogP contribution in [0.1, 0.15) is 5.56 Å². The summed E-state index contributed by atoms with van der Waals surface area (Å²) in [5.41, 5.74) is 29.1. The molecule has 1 N–H and O–H groups in total. The van der Waals surface area contributed by atoms with Gasteiger partial charge in [-0.1, -0.05) is 358 Å². The fourth-order valence-electron chi connectivity index (χ4n) is 20.2. The molecule has 0 radical (unpaired) electrons. The highest BCUT2D eigenvalue weighted by molar-refractivity contribution is 6.30. The quantitative estimate of drug-likeness (QED) is 0.104. The molecule has 21 aromatic carbocycles. The third-order valence-corrected chi connectivity index (χ3v) is 26.1. The third kappa shape index (κ3) is 13.1. The van der Waals surface area contributed by atoms with Crippen molar-refractivity contribution in [3.63, 3.8) is 0 Å². The van der Waals surface area contributed by atoms with Crippen molar-refractivity contribution < 1.29 is 0 Å².